The predicted octanol–water partition coefficient (Wildman–Crippen LogP) is 0.539. The zero-order chi connectivity index (χ0) is 12.1. The predicted molar refractivity (Wildman–Crippen MR) is 63.2 cm³/mol. The Balaban J connectivity index is 0.00000256. The molecule has 0 aliphatic rings. The lowest BCUT2D eigenvalue weighted by Gasteiger charge is -2.02. The number of H-pyrrole nitrogens is 1. The molecule has 1 rings (SSSR count). The summed E-state index contributed by atoms with van der Waals surface area (Å²) in [5.41, 5.74) is 7.43. The molecule has 0 radical (unpaired) electrons. The van der Waals surface area contributed by atoms with E-state index in [2.05, 4.69) is 4.98 Å². The quantitative estimate of drug-likeness (QED) is 0.597. The molecule has 6 nitrogen and oxygen atoms in total. The number of carboxylic acids is 2. The Hall–Kier alpha value is -1.53. The zero-order valence-electron chi connectivity index (χ0n) is 9.10. The summed E-state index contributed by atoms with van der Waals surface area (Å²) in [4.78, 5) is 24.0. The molecule has 96 valence electrons. The molecule has 0 amide bonds. The summed E-state index contributed by atoms with van der Waals surface area (Å²) in [6, 6.07) is 0. The van der Waals surface area contributed by atoms with Gasteiger partial charge in [-0.05, 0) is 17.5 Å². The highest BCUT2D eigenvalue weighted by atomic mass is 35.5. The molecule has 0 unspecified atom stereocenters. The fourth-order valence-electron chi connectivity index (χ4n) is 1.56. The lowest BCUT2D eigenvalue weighted by molar-refractivity contribution is -0.137. The summed E-state index contributed by atoms with van der Waals surface area (Å²) in [6.45, 7) is 0.218. The minimum absolute atomic E-state index is 0. The number of nitrogens with two attached hydrogens (primary N) is 1. The number of carboxylic acid groups (broad SMARTS) is 2. The van der Waals surface area contributed by atoms with Crippen molar-refractivity contribution in [2.75, 3.05) is 0 Å². The van der Waals surface area contributed by atoms with Crippen molar-refractivity contribution in [2.45, 2.75) is 25.8 Å². The monoisotopic (exact) mass is 262 g/mol. The average molecular weight is 263 g/mol. The summed E-state index contributed by atoms with van der Waals surface area (Å²) in [5, 5.41) is 17.3. The van der Waals surface area contributed by atoms with Gasteiger partial charge in [-0.1, -0.05) is 0 Å². The maximum Gasteiger partial charge on any atom is 0.307 e. The fraction of sp³-hybridized carbons (Fsp3) is 0.400. The van der Waals surface area contributed by atoms with Crippen LogP contribution in [0.25, 0.3) is 0 Å². The Morgan fingerprint density at radius 2 is 1.94 bits per heavy atom. The minimum atomic E-state index is -0.953. The Bertz CT molecular complexity index is 403. The summed E-state index contributed by atoms with van der Waals surface area (Å²) in [7, 11) is 0. The Morgan fingerprint density at radius 3 is 2.41 bits per heavy atom. The highest BCUT2D eigenvalue weighted by Gasteiger charge is 2.14. The van der Waals surface area contributed by atoms with Crippen molar-refractivity contribution in [3.63, 3.8) is 0 Å². The highest BCUT2D eigenvalue weighted by molar-refractivity contribution is 5.85. The molecule has 0 spiro atoms. The van der Waals surface area contributed by atoms with Crippen molar-refractivity contribution in [1.82, 2.24) is 4.98 Å². The number of aliphatic carboxylic acids is 2. The van der Waals surface area contributed by atoms with Crippen LogP contribution in [0.2, 0.25) is 0 Å². The second kappa shape index (κ2) is 6.93. The van der Waals surface area contributed by atoms with Crippen LogP contribution in [0.1, 0.15) is 23.2 Å². The van der Waals surface area contributed by atoms with Crippen molar-refractivity contribution < 1.29 is 19.8 Å². The van der Waals surface area contributed by atoms with Crippen LogP contribution in [0.4, 0.5) is 0 Å². The molecule has 0 aromatic carbocycles. The van der Waals surface area contributed by atoms with Crippen molar-refractivity contribution in [1.29, 1.82) is 0 Å². The van der Waals surface area contributed by atoms with Gasteiger partial charge in [-0.25, -0.2) is 0 Å². The number of nitrogens with one attached hydrogen (secondary N) is 1. The molecule has 5 N–H and O–H groups in total. The molecule has 0 saturated heterocycles. The largest absolute Gasteiger partial charge is 0.481 e. The normalized spacial score (nSPS) is 9.71. The third kappa shape index (κ3) is 4.46. The maximum atomic E-state index is 10.7. The van der Waals surface area contributed by atoms with E-state index in [0.29, 0.717) is 23.2 Å². The first kappa shape index (κ1) is 15.5. The topological polar surface area (TPSA) is 116 Å². The number of hydrogen-bond acceptors (Lipinski definition) is 3. The van der Waals surface area contributed by atoms with Crippen LogP contribution in [0.15, 0.2) is 6.20 Å². The molecule has 1 heterocycles. The first-order chi connectivity index (χ1) is 7.54. The van der Waals surface area contributed by atoms with Gasteiger partial charge in [-0.2, -0.15) is 0 Å². The number of hydrogen-bond donors (Lipinski definition) is 4. The van der Waals surface area contributed by atoms with Gasteiger partial charge in [-0.15, -0.1) is 12.4 Å². The van der Waals surface area contributed by atoms with E-state index in [9.17, 15) is 9.59 Å². The molecule has 0 bridgehead atoms. The molecule has 17 heavy (non-hydrogen) atoms. The van der Waals surface area contributed by atoms with Gasteiger partial charge in [0.1, 0.15) is 0 Å². The lowest BCUT2D eigenvalue weighted by atomic mass is 10.0. The molecular weight excluding hydrogens is 248 g/mol. The van der Waals surface area contributed by atoms with Gasteiger partial charge in [-0.3, -0.25) is 9.59 Å². The van der Waals surface area contributed by atoms with E-state index in [4.69, 9.17) is 15.9 Å². The summed E-state index contributed by atoms with van der Waals surface area (Å²) >= 11 is 0. The van der Waals surface area contributed by atoms with Gasteiger partial charge >= 0.3 is 11.9 Å². The number of aromatic amines is 1. The molecule has 0 aliphatic carbocycles. The van der Waals surface area contributed by atoms with Crippen LogP contribution in [-0.2, 0) is 29.0 Å². The molecule has 0 saturated carbocycles. The van der Waals surface area contributed by atoms with Crippen LogP contribution in [0.3, 0.4) is 0 Å². The van der Waals surface area contributed by atoms with Gasteiger partial charge in [0, 0.05) is 24.9 Å². The van der Waals surface area contributed by atoms with Gasteiger partial charge < -0.3 is 20.9 Å². The van der Waals surface area contributed by atoms with Crippen LogP contribution in [-0.4, -0.2) is 27.1 Å². The van der Waals surface area contributed by atoms with E-state index in [0.717, 1.165) is 0 Å². The summed E-state index contributed by atoms with van der Waals surface area (Å²) in [6.07, 6.45) is 1.79. The highest BCUT2D eigenvalue weighted by Crippen LogP contribution is 2.16. The molecule has 7 heteroatoms. The lowest BCUT2D eigenvalue weighted by Crippen LogP contribution is -2.08. The van der Waals surface area contributed by atoms with Crippen molar-refractivity contribution in [2.24, 2.45) is 5.73 Å². The van der Waals surface area contributed by atoms with Gasteiger partial charge in [0.05, 0.1) is 6.42 Å². The number of halogens is 1. The van der Waals surface area contributed by atoms with Crippen LogP contribution in [0.5, 0.6) is 0 Å². The Labute approximate surface area is 104 Å². The maximum absolute atomic E-state index is 10.7. The standard InChI is InChI=1S/C10H14N2O4.ClH/c11-4-8-7(3-10(15)16)6(5-12-8)1-2-9(13)14;/h5,12H,1-4,11H2,(H,13,14)(H,15,16);1H. The third-order valence-corrected chi connectivity index (χ3v) is 2.31. The van der Waals surface area contributed by atoms with Crippen LogP contribution < -0.4 is 5.73 Å². The molecule has 1 aromatic heterocycles. The molecular formula is C10H15ClN2O4. The number of aromatic nitrogens is 1. The van der Waals surface area contributed by atoms with Gasteiger partial charge in [0.15, 0.2) is 0 Å². The van der Waals surface area contributed by atoms with Crippen molar-refractivity contribution in [3.8, 4) is 0 Å². The number of carbonyl (C=O) groups is 2. The smallest absolute Gasteiger partial charge is 0.307 e. The average Bonchev–Trinajstić information content (AvgIpc) is 2.56. The molecule has 1 aromatic rings. The van der Waals surface area contributed by atoms with Gasteiger partial charge in [0.25, 0.3) is 0 Å². The SMILES string of the molecule is Cl.NCc1[nH]cc(CCC(=O)O)c1CC(=O)O. The van der Waals surface area contributed by atoms with Crippen molar-refractivity contribution in [3.05, 3.63) is 23.0 Å². The van der Waals surface area contributed by atoms with E-state index < -0.39 is 11.9 Å². The molecule has 0 atom stereocenters. The Kier molecular flexibility index (Phi) is 6.30. The minimum Gasteiger partial charge on any atom is -0.481 e. The molecule has 0 aliphatic heterocycles. The number of aryl methyl sites for hydroxylation is 1. The fourth-order valence-corrected chi connectivity index (χ4v) is 1.56. The first-order valence-corrected chi connectivity index (χ1v) is 4.86. The second-order valence-electron chi connectivity index (χ2n) is 3.44. The van der Waals surface area contributed by atoms with E-state index in [1.54, 1.807) is 6.20 Å². The molecule has 0 fully saturated rings. The Morgan fingerprint density at radius 1 is 1.29 bits per heavy atom. The van der Waals surface area contributed by atoms with E-state index in [-0.39, 0.29) is 31.8 Å². The van der Waals surface area contributed by atoms with E-state index in [1.807, 2.05) is 0 Å². The number of rotatable bonds is 6. The van der Waals surface area contributed by atoms with E-state index in [1.165, 1.54) is 0 Å². The zero-order valence-corrected chi connectivity index (χ0v) is 9.92. The third-order valence-electron chi connectivity index (χ3n) is 2.31. The summed E-state index contributed by atoms with van der Waals surface area (Å²) in [5.74, 6) is -1.86. The van der Waals surface area contributed by atoms with E-state index >= 15 is 0 Å². The second-order valence-corrected chi connectivity index (χ2v) is 3.44. The van der Waals surface area contributed by atoms with Gasteiger partial charge in [0.2, 0.25) is 0 Å². The van der Waals surface area contributed by atoms with Crippen LogP contribution in [0, 0.1) is 0 Å². The summed E-state index contributed by atoms with van der Waals surface area (Å²) < 4.78 is 0. The van der Waals surface area contributed by atoms with Crippen LogP contribution >= 0.6 is 12.4 Å². The van der Waals surface area contributed by atoms with Crippen molar-refractivity contribution >= 4 is 24.3 Å². The first-order valence-electron chi connectivity index (χ1n) is 4.86.